The molecule has 1 rings (SSSR count). The van der Waals surface area contributed by atoms with Crippen LogP contribution in [0.1, 0.15) is 19.7 Å². The summed E-state index contributed by atoms with van der Waals surface area (Å²) in [5.41, 5.74) is 0. The van der Waals surface area contributed by atoms with Crippen LogP contribution in [0.5, 0.6) is 0 Å². The molecule has 0 atom stereocenters. The number of nitrogens with zero attached hydrogens (tertiary/aromatic N) is 5. The monoisotopic (exact) mass is 165 g/mol. The number of rotatable bonds is 3. The molecule has 0 unspecified atom stereocenters. The molecule has 1 aromatic heterocycles. The van der Waals surface area contributed by atoms with Gasteiger partial charge in [-0.3, -0.25) is 0 Å². The third-order valence-electron chi connectivity index (χ3n) is 1.38. The van der Waals surface area contributed by atoms with Crippen LogP contribution in [0.2, 0.25) is 0 Å². The first-order valence-electron chi connectivity index (χ1n) is 3.86. The zero-order valence-corrected chi connectivity index (χ0v) is 7.23. The Morgan fingerprint density at radius 1 is 1.58 bits per heavy atom. The van der Waals surface area contributed by atoms with Gasteiger partial charge in [-0.2, -0.15) is 5.26 Å². The molecule has 0 aliphatic rings. The molecule has 1 aromatic rings. The van der Waals surface area contributed by atoms with E-state index in [0.29, 0.717) is 11.7 Å². The number of tetrazole rings is 1. The molecule has 0 saturated carbocycles. The molecule has 0 bridgehead atoms. The van der Waals surface area contributed by atoms with E-state index >= 15 is 0 Å². The van der Waals surface area contributed by atoms with Crippen LogP contribution in [0.3, 0.4) is 0 Å². The minimum absolute atomic E-state index is 0.278. The van der Waals surface area contributed by atoms with Crippen LogP contribution < -0.4 is 0 Å². The minimum atomic E-state index is 0.278. The molecule has 0 saturated heterocycles. The van der Waals surface area contributed by atoms with Crippen LogP contribution in [0.15, 0.2) is 0 Å². The molecule has 0 amide bonds. The molecule has 0 N–H and O–H groups in total. The standard InChI is InChI=1S/C7H11N5/c1-6(2)5-12-7(3-4-8)9-10-11-12/h6H,3,5H2,1-2H3. The molecule has 0 aromatic carbocycles. The van der Waals surface area contributed by atoms with Crippen molar-refractivity contribution in [2.75, 3.05) is 0 Å². The Balaban J connectivity index is 2.71. The molecule has 0 radical (unpaired) electrons. The first kappa shape index (κ1) is 8.65. The number of hydrogen-bond acceptors (Lipinski definition) is 4. The van der Waals surface area contributed by atoms with E-state index in [1.54, 1.807) is 4.68 Å². The van der Waals surface area contributed by atoms with Crippen LogP contribution in [-0.2, 0) is 13.0 Å². The van der Waals surface area contributed by atoms with Gasteiger partial charge in [0.15, 0.2) is 5.82 Å². The van der Waals surface area contributed by atoms with Crippen LogP contribution in [-0.4, -0.2) is 20.2 Å². The van der Waals surface area contributed by atoms with Crippen LogP contribution in [0.4, 0.5) is 0 Å². The summed E-state index contributed by atoms with van der Waals surface area (Å²) in [7, 11) is 0. The fourth-order valence-corrected chi connectivity index (χ4v) is 0.908. The minimum Gasteiger partial charge on any atom is -0.228 e. The fourth-order valence-electron chi connectivity index (χ4n) is 0.908. The van der Waals surface area contributed by atoms with Gasteiger partial charge >= 0.3 is 0 Å². The van der Waals surface area contributed by atoms with E-state index in [2.05, 4.69) is 29.4 Å². The summed E-state index contributed by atoms with van der Waals surface area (Å²) in [6.45, 7) is 4.93. The molecule has 5 nitrogen and oxygen atoms in total. The maximum atomic E-state index is 8.44. The summed E-state index contributed by atoms with van der Waals surface area (Å²) in [5, 5.41) is 19.5. The number of hydrogen-bond donors (Lipinski definition) is 0. The van der Waals surface area contributed by atoms with Gasteiger partial charge in [-0.05, 0) is 16.3 Å². The predicted molar refractivity (Wildman–Crippen MR) is 42.0 cm³/mol. The quantitative estimate of drug-likeness (QED) is 0.650. The second-order valence-corrected chi connectivity index (χ2v) is 3.01. The Kier molecular flexibility index (Phi) is 2.75. The lowest BCUT2D eigenvalue weighted by molar-refractivity contribution is 0.461. The van der Waals surface area contributed by atoms with Crippen LogP contribution in [0, 0.1) is 17.2 Å². The average Bonchev–Trinajstić information content (AvgIpc) is 2.37. The normalized spacial score (nSPS) is 10.2. The SMILES string of the molecule is CC(C)Cn1nnnc1CC#N. The molecule has 5 heteroatoms. The summed E-state index contributed by atoms with van der Waals surface area (Å²) < 4.78 is 1.67. The highest BCUT2D eigenvalue weighted by Crippen LogP contribution is 1.99. The van der Waals surface area contributed by atoms with Gasteiger partial charge in [-0.1, -0.05) is 13.8 Å². The molecule has 64 valence electrons. The fraction of sp³-hybridized carbons (Fsp3) is 0.714. The number of aromatic nitrogens is 4. The van der Waals surface area contributed by atoms with Gasteiger partial charge < -0.3 is 0 Å². The van der Waals surface area contributed by atoms with Gasteiger partial charge in [0, 0.05) is 6.54 Å². The lowest BCUT2D eigenvalue weighted by Crippen LogP contribution is -2.09. The molecular weight excluding hydrogens is 154 g/mol. The Morgan fingerprint density at radius 2 is 2.33 bits per heavy atom. The van der Waals surface area contributed by atoms with E-state index in [1.807, 2.05) is 6.07 Å². The van der Waals surface area contributed by atoms with Crippen molar-refractivity contribution in [2.45, 2.75) is 26.8 Å². The zero-order chi connectivity index (χ0) is 8.97. The number of nitriles is 1. The topological polar surface area (TPSA) is 67.4 Å². The van der Waals surface area contributed by atoms with Crippen molar-refractivity contribution < 1.29 is 0 Å². The highest BCUT2D eigenvalue weighted by Gasteiger charge is 2.05. The van der Waals surface area contributed by atoms with Gasteiger partial charge in [0.25, 0.3) is 0 Å². The van der Waals surface area contributed by atoms with E-state index in [0.717, 1.165) is 6.54 Å². The average molecular weight is 165 g/mol. The summed E-state index contributed by atoms with van der Waals surface area (Å²) in [5.74, 6) is 1.14. The van der Waals surface area contributed by atoms with Gasteiger partial charge in [-0.25, -0.2) is 4.68 Å². The van der Waals surface area contributed by atoms with Crippen LogP contribution in [0.25, 0.3) is 0 Å². The van der Waals surface area contributed by atoms with E-state index in [-0.39, 0.29) is 6.42 Å². The third-order valence-corrected chi connectivity index (χ3v) is 1.38. The summed E-state index contributed by atoms with van der Waals surface area (Å²) in [4.78, 5) is 0. The second kappa shape index (κ2) is 3.81. The smallest absolute Gasteiger partial charge is 0.165 e. The summed E-state index contributed by atoms with van der Waals surface area (Å²) in [6.07, 6.45) is 0.278. The predicted octanol–water partition coefficient (Wildman–Crippen LogP) is 0.395. The van der Waals surface area contributed by atoms with E-state index in [9.17, 15) is 0 Å². The van der Waals surface area contributed by atoms with Crippen molar-refractivity contribution in [1.29, 1.82) is 5.26 Å². The van der Waals surface area contributed by atoms with Crippen LogP contribution >= 0.6 is 0 Å². The van der Waals surface area contributed by atoms with E-state index in [4.69, 9.17) is 5.26 Å². The molecule has 0 aliphatic carbocycles. The Labute approximate surface area is 71.0 Å². The Hall–Kier alpha value is -1.44. The van der Waals surface area contributed by atoms with E-state index < -0.39 is 0 Å². The lowest BCUT2D eigenvalue weighted by Gasteiger charge is -2.04. The third kappa shape index (κ3) is 2.02. The first-order valence-corrected chi connectivity index (χ1v) is 3.86. The van der Waals surface area contributed by atoms with Gasteiger partial charge in [0.05, 0.1) is 12.5 Å². The molecule has 0 spiro atoms. The van der Waals surface area contributed by atoms with Crippen molar-refractivity contribution >= 4 is 0 Å². The van der Waals surface area contributed by atoms with Gasteiger partial charge in [0.1, 0.15) is 0 Å². The molecule has 12 heavy (non-hydrogen) atoms. The Morgan fingerprint density at radius 3 is 2.92 bits per heavy atom. The second-order valence-electron chi connectivity index (χ2n) is 3.01. The van der Waals surface area contributed by atoms with Crippen molar-refractivity contribution in [2.24, 2.45) is 5.92 Å². The summed E-state index contributed by atoms with van der Waals surface area (Å²) >= 11 is 0. The molecular formula is C7H11N5. The van der Waals surface area contributed by atoms with Gasteiger partial charge in [-0.15, -0.1) is 5.10 Å². The molecule has 1 heterocycles. The maximum absolute atomic E-state index is 8.44. The highest BCUT2D eigenvalue weighted by molar-refractivity contribution is 4.91. The first-order chi connectivity index (χ1) is 5.74. The lowest BCUT2D eigenvalue weighted by atomic mass is 10.2. The van der Waals surface area contributed by atoms with E-state index in [1.165, 1.54) is 0 Å². The largest absolute Gasteiger partial charge is 0.228 e. The maximum Gasteiger partial charge on any atom is 0.165 e. The van der Waals surface area contributed by atoms with Crippen molar-refractivity contribution in [1.82, 2.24) is 20.2 Å². The van der Waals surface area contributed by atoms with Gasteiger partial charge in [0.2, 0.25) is 0 Å². The molecule has 0 aliphatic heterocycles. The van der Waals surface area contributed by atoms with Crippen molar-refractivity contribution in [3.8, 4) is 6.07 Å². The summed E-state index contributed by atoms with van der Waals surface area (Å²) in [6, 6.07) is 2.02. The van der Waals surface area contributed by atoms with Crippen molar-refractivity contribution in [3.05, 3.63) is 5.82 Å². The zero-order valence-electron chi connectivity index (χ0n) is 7.23. The van der Waals surface area contributed by atoms with Crippen molar-refractivity contribution in [3.63, 3.8) is 0 Å². The highest BCUT2D eigenvalue weighted by atomic mass is 15.5. The molecule has 0 fully saturated rings. The Bertz CT molecular complexity index is 282.